The van der Waals surface area contributed by atoms with Crippen molar-refractivity contribution in [3.05, 3.63) is 29.3 Å². The summed E-state index contributed by atoms with van der Waals surface area (Å²) in [4.78, 5) is 13.3. The molecule has 1 aromatic carbocycles. The van der Waals surface area contributed by atoms with Gasteiger partial charge in [0.25, 0.3) is 0 Å². The Balaban J connectivity index is 2.18. The van der Waals surface area contributed by atoms with Crippen molar-refractivity contribution in [3.8, 4) is 0 Å². The first-order chi connectivity index (χ1) is 9.13. The number of carboxylic acids is 1. The van der Waals surface area contributed by atoms with Gasteiger partial charge in [-0.25, -0.2) is 4.79 Å². The molecule has 104 valence electrons. The second-order valence-corrected chi connectivity index (χ2v) is 5.16. The Labute approximate surface area is 113 Å². The van der Waals surface area contributed by atoms with Crippen molar-refractivity contribution in [2.45, 2.75) is 38.6 Å². The van der Waals surface area contributed by atoms with Gasteiger partial charge in [0.15, 0.2) is 0 Å². The van der Waals surface area contributed by atoms with E-state index < -0.39 is 5.97 Å². The number of aryl methyl sites for hydroxylation is 1. The van der Waals surface area contributed by atoms with E-state index in [1.54, 1.807) is 12.1 Å². The summed E-state index contributed by atoms with van der Waals surface area (Å²) < 4.78 is 0. The Morgan fingerprint density at radius 2 is 2.26 bits per heavy atom. The lowest BCUT2D eigenvalue weighted by Gasteiger charge is -2.28. The number of carbonyl (C=O) groups is 1. The molecule has 1 heterocycles. The minimum absolute atomic E-state index is 0.237. The summed E-state index contributed by atoms with van der Waals surface area (Å²) in [6.07, 6.45) is 4.14. The zero-order valence-corrected chi connectivity index (χ0v) is 11.3. The van der Waals surface area contributed by atoms with Crippen molar-refractivity contribution in [2.75, 3.05) is 18.1 Å². The average Bonchev–Trinajstić information content (AvgIpc) is 2.84. The first-order valence-electron chi connectivity index (χ1n) is 6.85. The maximum atomic E-state index is 11.0. The second kappa shape index (κ2) is 6.06. The molecule has 4 nitrogen and oxygen atoms in total. The van der Waals surface area contributed by atoms with Crippen LogP contribution in [0.4, 0.5) is 5.69 Å². The lowest BCUT2D eigenvalue weighted by atomic mass is 10.1. The molecule has 2 rings (SSSR count). The minimum Gasteiger partial charge on any atom is -0.478 e. The van der Waals surface area contributed by atoms with Crippen LogP contribution in [-0.4, -0.2) is 35.4 Å². The van der Waals surface area contributed by atoms with Gasteiger partial charge in [0.2, 0.25) is 0 Å². The van der Waals surface area contributed by atoms with E-state index in [1.165, 1.54) is 0 Å². The number of hydrogen-bond donors (Lipinski definition) is 2. The van der Waals surface area contributed by atoms with Crippen LogP contribution >= 0.6 is 0 Å². The van der Waals surface area contributed by atoms with E-state index in [0.29, 0.717) is 11.6 Å². The van der Waals surface area contributed by atoms with Crippen LogP contribution < -0.4 is 4.90 Å². The molecule has 0 saturated carbocycles. The Kier molecular flexibility index (Phi) is 4.43. The van der Waals surface area contributed by atoms with Crippen molar-refractivity contribution in [3.63, 3.8) is 0 Å². The van der Waals surface area contributed by atoms with E-state index in [-0.39, 0.29) is 6.61 Å². The first-order valence-corrected chi connectivity index (χ1v) is 6.85. The lowest BCUT2D eigenvalue weighted by Crippen LogP contribution is -2.30. The fourth-order valence-corrected chi connectivity index (χ4v) is 2.89. The molecule has 1 unspecified atom stereocenters. The normalized spacial score (nSPS) is 18.8. The molecule has 0 bridgehead atoms. The van der Waals surface area contributed by atoms with Gasteiger partial charge in [0.05, 0.1) is 5.56 Å². The van der Waals surface area contributed by atoms with Crippen LogP contribution in [0.1, 0.15) is 41.6 Å². The quantitative estimate of drug-likeness (QED) is 0.856. The summed E-state index contributed by atoms with van der Waals surface area (Å²) in [6.45, 7) is 3.22. The molecule has 0 radical (unpaired) electrons. The second-order valence-electron chi connectivity index (χ2n) is 5.16. The average molecular weight is 263 g/mol. The number of hydrogen-bond acceptors (Lipinski definition) is 3. The van der Waals surface area contributed by atoms with Gasteiger partial charge in [-0.15, -0.1) is 0 Å². The largest absolute Gasteiger partial charge is 0.478 e. The standard InChI is InChI=1S/C15H21NO3/c1-11-10-12(15(18)19)6-7-14(11)16-8-2-4-13(16)5-3-9-17/h6-7,10,13,17H,2-5,8-9H2,1H3,(H,18,19). The number of benzene rings is 1. The fourth-order valence-electron chi connectivity index (χ4n) is 2.89. The SMILES string of the molecule is Cc1cc(C(=O)O)ccc1N1CCCC1CCCO. The Morgan fingerprint density at radius 1 is 1.47 bits per heavy atom. The van der Waals surface area contributed by atoms with Crippen LogP contribution in [0.2, 0.25) is 0 Å². The van der Waals surface area contributed by atoms with E-state index >= 15 is 0 Å². The monoisotopic (exact) mass is 263 g/mol. The van der Waals surface area contributed by atoms with Gasteiger partial charge >= 0.3 is 5.97 Å². The van der Waals surface area contributed by atoms with E-state index in [4.69, 9.17) is 10.2 Å². The Bertz CT molecular complexity index is 459. The number of aromatic carboxylic acids is 1. The van der Waals surface area contributed by atoms with Gasteiger partial charge in [-0.3, -0.25) is 0 Å². The maximum absolute atomic E-state index is 11.0. The smallest absolute Gasteiger partial charge is 0.335 e. The van der Waals surface area contributed by atoms with Gasteiger partial charge in [0.1, 0.15) is 0 Å². The molecule has 1 atom stereocenters. The highest BCUT2D eigenvalue weighted by molar-refractivity contribution is 5.88. The third-order valence-corrected chi connectivity index (χ3v) is 3.83. The first kappa shape index (κ1) is 13.9. The van der Waals surface area contributed by atoms with E-state index in [9.17, 15) is 4.79 Å². The van der Waals surface area contributed by atoms with Crippen LogP contribution in [0.25, 0.3) is 0 Å². The van der Waals surface area contributed by atoms with Gasteiger partial charge in [-0.2, -0.15) is 0 Å². The summed E-state index contributed by atoms with van der Waals surface area (Å²) in [5.74, 6) is -0.882. The summed E-state index contributed by atoms with van der Waals surface area (Å²) in [5, 5.41) is 17.9. The van der Waals surface area contributed by atoms with Crippen LogP contribution in [0.3, 0.4) is 0 Å². The zero-order chi connectivity index (χ0) is 13.8. The fraction of sp³-hybridized carbons (Fsp3) is 0.533. The lowest BCUT2D eigenvalue weighted by molar-refractivity contribution is 0.0697. The number of rotatable bonds is 5. The van der Waals surface area contributed by atoms with E-state index in [0.717, 1.165) is 43.5 Å². The van der Waals surface area contributed by atoms with Crippen LogP contribution in [-0.2, 0) is 0 Å². The molecule has 0 amide bonds. The predicted molar refractivity (Wildman–Crippen MR) is 74.8 cm³/mol. The maximum Gasteiger partial charge on any atom is 0.335 e. The summed E-state index contributed by atoms with van der Waals surface area (Å²) in [5.41, 5.74) is 2.48. The summed E-state index contributed by atoms with van der Waals surface area (Å²) in [6, 6.07) is 5.79. The predicted octanol–water partition coefficient (Wildman–Crippen LogP) is 2.43. The molecule has 1 aromatic rings. The summed E-state index contributed by atoms with van der Waals surface area (Å²) in [7, 11) is 0. The Morgan fingerprint density at radius 3 is 2.89 bits per heavy atom. The molecule has 0 aromatic heterocycles. The summed E-state index contributed by atoms with van der Waals surface area (Å²) >= 11 is 0. The van der Waals surface area contributed by atoms with Crippen LogP contribution in [0.15, 0.2) is 18.2 Å². The van der Waals surface area contributed by atoms with Crippen LogP contribution in [0, 0.1) is 6.92 Å². The molecular weight excluding hydrogens is 242 g/mol. The topological polar surface area (TPSA) is 60.8 Å². The Hall–Kier alpha value is -1.55. The molecule has 1 fully saturated rings. The number of carboxylic acid groups (broad SMARTS) is 1. The van der Waals surface area contributed by atoms with Crippen molar-refractivity contribution >= 4 is 11.7 Å². The third-order valence-electron chi connectivity index (χ3n) is 3.83. The number of nitrogens with zero attached hydrogens (tertiary/aromatic N) is 1. The van der Waals surface area contributed by atoms with Crippen molar-refractivity contribution in [2.24, 2.45) is 0 Å². The molecule has 1 aliphatic rings. The van der Waals surface area contributed by atoms with E-state index in [2.05, 4.69) is 4.90 Å². The highest BCUT2D eigenvalue weighted by atomic mass is 16.4. The molecule has 19 heavy (non-hydrogen) atoms. The van der Waals surface area contributed by atoms with Gasteiger partial charge in [-0.1, -0.05) is 0 Å². The molecule has 0 spiro atoms. The van der Waals surface area contributed by atoms with Crippen LogP contribution in [0.5, 0.6) is 0 Å². The van der Waals surface area contributed by atoms with Crippen molar-refractivity contribution in [1.82, 2.24) is 0 Å². The van der Waals surface area contributed by atoms with Gasteiger partial charge in [0, 0.05) is 24.9 Å². The third kappa shape index (κ3) is 3.07. The van der Waals surface area contributed by atoms with E-state index in [1.807, 2.05) is 13.0 Å². The zero-order valence-electron chi connectivity index (χ0n) is 11.3. The minimum atomic E-state index is -0.882. The number of aliphatic hydroxyl groups excluding tert-OH is 1. The van der Waals surface area contributed by atoms with Crippen molar-refractivity contribution < 1.29 is 15.0 Å². The van der Waals surface area contributed by atoms with Gasteiger partial charge < -0.3 is 15.1 Å². The van der Waals surface area contributed by atoms with Gasteiger partial charge in [-0.05, 0) is 56.4 Å². The highest BCUT2D eigenvalue weighted by Crippen LogP contribution is 2.31. The molecule has 0 aliphatic carbocycles. The molecule has 1 aliphatic heterocycles. The molecular formula is C15H21NO3. The molecule has 1 saturated heterocycles. The van der Waals surface area contributed by atoms with Crippen molar-refractivity contribution in [1.29, 1.82) is 0 Å². The molecule has 2 N–H and O–H groups in total. The number of aliphatic hydroxyl groups is 1. The highest BCUT2D eigenvalue weighted by Gasteiger charge is 2.25. The molecule has 4 heteroatoms. The number of anilines is 1.